The third-order valence-electron chi connectivity index (χ3n) is 3.30. The van der Waals surface area contributed by atoms with Crippen molar-refractivity contribution in [1.82, 2.24) is 10.3 Å². The second kappa shape index (κ2) is 5.77. The van der Waals surface area contributed by atoms with Crippen molar-refractivity contribution in [3.63, 3.8) is 0 Å². The van der Waals surface area contributed by atoms with E-state index in [0.29, 0.717) is 12.3 Å². The first kappa shape index (κ1) is 12.0. The number of pyridine rings is 1. The molecule has 1 atom stereocenters. The van der Waals surface area contributed by atoms with E-state index in [1.54, 1.807) is 18.1 Å². The minimum atomic E-state index is 0.149. The SMILES string of the molecule is CN(C(=O)CCC1CCNC1)c1ccccn1. The van der Waals surface area contributed by atoms with E-state index in [-0.39, 0.29) is 5.91 Å². The Morgan fingerprint density at radius 1 is 1.59 bits per heavy atom. The maximum atomic E-state index is 12.0. The Morgan fingerprint density at radius 2 is 2.47 bits per heavy atom. The number of amides is 1. The van der Waals surface area contributed by atoms with Crippen LogP contribution < -0.4 is 10.2 Å². The lowest BCUT2D eigenvalue weighted by molar-refractivity contribution is -0.118. The first-order valence-electron chi connectivity index (χ1n) is 6.15. The van der Waals surface area contributed by atoms with E-state index in [0.717, 1.165) is 25.3 Å². The Hall–Kier alpha value is -1.42. The van der Waals surface area contributed by atoms with Crippen LogP contribution in [0.1, 0.15) is 19.3 Å². The minimum Gasteiger partial charge on any atom is -0.316 e. The van der Waals surface area contributed by atoms with Gasteiger partial charge in [-0.3, -0.25) is 9.69 Å². The maximum absolute atomic E-state index is 12.0. The van der Waals surface area contributed by atoms with Gasteiger partial charge in [-0.05, 0) is 44.0 Å². The van der Waals surface area contributed by atoms with E-state index in [9.17, 15) is 4.79 Å². The van der Waals surface area contributed by atoms with E-state index in [4.69, 9.17) is 0 Å². The Kier molecular flexibility index (Phi) is 4.09. The minimum absolute atomic E-state index is 0.149. The van der Waals surface area contributed by atoms with Crippen molar-refractivity contribution >= 4 is 11.7 Å². The largest absolute Gasteiger partial charge is 0.316 e. The summed E-state index contributed by atoms with van der Waals surface area (Å²) in [4.78, 5) is 17.8. The quantitative estimate of drug-likeness (QED) is 0.855. The topological polar surface area (TPSA) is 45.2 Å². The highest BCUT2D eigenvalue weighted by Gasteiger charge is 2.18. The Balaban J connectivity index is 1.83. The Bertz CT molecular complexity index is 360. The molecule has 0 aliphatic carbocycles. The third kappa shape index (κ3) is 3.27. The second-order valence-corrected chi connectivity index (χ2v) is 4.54. The molecule has 2 heterocycles. The fourth-order valence-corrected chi connectivity index (χ4v) is 2.14. The number of carbonyl (C=O) groups excluding carboxylic acids is 1. The van der Waals surface area contributed by atoms with Crippen LogP contribution in [0, 0.1) is 5.92 Å². The molecule has 0 bridgehead atoms. The number of nitrogens with zero attached hydrogens (tertiary/aromatic N) is 2. The summed E-state index contributed by atoms with van der Waals surface area (Å²) in [7, 11) is 1.79. The molecule has 1 aromatic heterocycles. The van der Waals surface area contributed by atoms with Gasteiger partial charge in [-0.25, -0.2) is 4.98 Å². The average molecular weight is 233 g/mol. The molecule has 2 rings (SSSR count). The first-order chi connectivity index (χ1) is 8.27. The maximum Gasteiger partial charge on any atom is 0.227 e. The van der Waals surface area contributed by atoms with Gasteiger partial charge in [-0.2, -0.15) is 0 Å². The van der Waals surface area contributed by atoms with Gasteiger partial charge in [-0.1, -0.05) is 6.07 Å². The zero-order chi connectivity index (χ0) is 12.1. The number of carbonyl (C=O) groups is 1. The van der Waals surface area contributed by atoms with Gasteiger partial charge in [0.25, 0.3) is 0 Å². The van der Waals surface area contributed by atoms with E-state index < -0.39 is 0 Å². The van der Waals surface area contributed by atoms with Crippen molar-refractivity contribution < 1.29 is 4.79 Å². The molecule has 17 heavy (non-hydrogen) atoms. The summed E-state index contributed by atoms with van der Waals surface area (Å²) in [5.74, 6) is 1.54. The number of hydrogen-bond acceptors (Lipinski definition) is 3. The fraction of sp³-hybridized carbons (Fsp3) is 0.538. The molecule has 1 aliphatic rings. The van der Waals surface area contributed by atoms with Crippen LogP contribution in [0.4, 0.5) is 5.82 Å². The lowest BCUT2D eigenvalue weighted by Gasteiger charge is -2.17. The van der Waals surface area contributed by atoms with E-state index in [1.807, 2.05) is 18.2 Å². The highest BCUT2D eigenvalue weighted by Crippen LogP contribution is 2.16. The summed E-state index contributed by atoms with van der Waals surface area (Å²) in [6.45, 7) is 2.15. The van der Waals surface area contributed by atoms with E-state index >= 15 is 0 Å². The van der Waals surface area contributed by atoms with Crippen LogP contribution >= 0.6 is 0 Å². The molecule has 1 amide bonds. The van der Waals surface area contributed by atoms with Crippen molar-refractivity contribution in [3.05, 3.63) is 24.4 Å². The summed E-state index contributed by atoms with van der Waals surface area (Å²) in [6.07, 6.45) is 4.49. The molecule has 4 nitrogen and oxygen atoms in total. The van der Waals surface area contributed by atoms with Crippen LogP contribution in [0.25, 0.3) is 0 Å². The molecule has 0 spiro atoms. The molecule has 0 radical (unpaired) electrons. The fourth-order valence-electron chi connectivity index (χ4n) is 2.14. The van der Waals surface area contributed by atoms with Gasteiger partial charge < -0.3 is 5.32 Å². The van der Waals surface area contributed by atoms with Crippen LogP contribution in [0.3, 0.4) is 0 Å². The molecule has 1 aromatic rings. The molecule has 1 aliphatic heterocycles. The van der Waals surface area contributed by atoms with E-state index in [1.165, 1.54) is 6.42 Å². The number of rotatable bonds is 4. The lowest BCUT2D eigenvalue weighted by Crippen LogP contribution is -2.27. The highest BCUT2D eigenvalue weighted by molar-refractivity contribution is 5.91. The van der Waals surface area contributed by atoms with Crippen molar-refractivity contribution in [3.8, 4) is 0 Å². The molecule has 1 N–H and O–H groups in total. The van der Waals surface area contributed by atoms with Gasteiger partial charge in [0.1, 0.15) is 5.82 Å². The molecule has 1 unspecified atom stereocenters. The Morgan fingerprint density at radius 3 is 3.12 bits per heavy atom. The summed E-state index contributed by atoms with van der Waals surface area (Å²) in [5.41, 5.74) is 0. The van der Waals surface area contributed by atoms with Gasteiger partial charge in [0, 0.05) is 19.7 Å². The molecule has 0 aromatic carbocycles. The zero-order valence-electron chi connectivity index (χ0n) is 10.2. The molecule has 0 saturated carbocycles. The predicted octanol–water partition coefficient (Wildman–Crippen LogP) is 1.43. The first-order valence-corrected chi connectivity index (χ1v) is 6.15. The number of anilines is 1. The van der Waals surface area contributed by atoms with Crippen molar-refractivity contribution in [2.75, 3.05) is 25.0 Å². The smallest absolute Gasteiger partial charge is 0.227 e. The summed E-state index contributed by atoms with van der Waals surface area (Å²) >= 11 is 0. The van der Waals surface area contributed by atoms with Crippen LogP contribution in [-0.4, -0.2) is 31.0 Å². The predicted molar refractivity (Wildman–Crippen MR) is 67.9 cm³/mol. The second-order valence-electron chi connectivity index (χ2n) is 4.54. The lowest BCUT2D eigenvalue weighted by atomic mass is 10.0. The molecule has 1 fully saturated rings. The van der Waals surface area contributed by atoms with Gasteiger partial charge in [0.15, 0.2) is 0 Å². The number of aromatic nitrogens is 1. The van der Waals surface area contributed by atoms with E-state index in [2.05, 4.69) is 10.3 Å². The van der Waals surface area contributed by atoms with Crippen molar-refractivity contribution in [2.24, 2.45) is 5.92 Å². The normalized spacial score (nSPS) is 19.2. The molecular weight excluding hydrogens is 214 g/mol. The summed E-state index contributed by atoms with van der Waals surface area (Å²) in [6, 6.07) is 5.61. The Labute approximate surface area is 102 Å². The average Bonchev–Trinajstić information content (AvgIpc) is 2.89. The molecular formula is C13H19N3O. The highest BCUT2D eigenvalue weighted by atomic mass is 16.2. The van der Waals surface area contributed by atoms with Gasteiger partial charge in [0.2, 0.25) is 5.91 Å². The summed E-state index contributed by atoms with van der Waals surface area (Å²) < 4.78 is 0. The zero-order valence-corrected chi connectivity index (χ0v) is 10.2. The number of nitrogens with one attached hydrogen (secondary N) is 1. The van der Waals surface area contributed by atoms with Crippen molar-refractivity contribution in [2.45, 2.75) is 19.3 Å². The van der Waals surface area contributed by atoms with Crippen LogP contribution in [0.15, 0.2) is 24.4 Å². The summed E-state index contributed by atoms with van der Waals surface area (Å²) in [5, 5.41) is 3.32. The molecule has 1 saturated heterocycles. The van der Waals surface area contributed by atoms with Gasteiger partial charge >= 0.3 is 0 Å². The van der Waals surface area contributed by atoms with Crippen LogP contribution in [0.5, 0.6) is 0 Å². The van der Waals surface area contributed by atoms with Crippen molar-refractivity contribution in [1.29, 1.82) is 0 Å². The molecule has 4 heteroatoms. The molecule has 92 valence electrons. The van der Waals surface area contributed by atoms with Crippen LogP contribution in [-0.2, 0) is 4.79 Å². The van der Waals surface area contributed by atoms with Gasteiger partial charge in [-0.15, -0.1) is 0 Å². The number of hydrogen-bond donors (Lipinski definition) is 1. The monoisotopic (exact) mass is 233 g/mol. The van der Waals surface area contributed by atoms with Gasteiger partial charge in [0.05, 0.1) is 0 Å². The third-order valence-corrected chi connectivity index (χ3v) is 3.30. The standard InChI is InChI=1S/C13H19N3O/c1-16(12-4-2-3-8-15-12)13(17)6-5-11-7-9-14-10-11/h2-4,8,11,14H,5-7,9-10H2,1H3. The van der Waals surface area contributed by atoms with Crippen LogP contribution in [0.2, 0.25) is 0 Å².